The molecule has 0 saturated carbocycles. The van der Waals surface area contributed by atoms with E-state index in [9.17, 15) is 8.42 Å². The van der Waals surface area contributed by atoms with Crippen LogP contribution in [0.1, 0.15) is 5.56 Å². The molecule has 0 unspecified atom stereocenters. The number of hydrogen-bond acceptors (Lipinski definition) is 7. The number of benzene rings is 2. The van der Waals surface area contributed by atoms with Gasteiger partial charge in [0, 0.05) is 37.8 Å². The third kappa shape index (κ3) is 4.37. The van der Waals surface area contributed by atoms with E-state index in [1.807, 2.05) is 61.5 Å². The van der Waals surface area contributed by atoms with E-state index in [2.05, 4.69) is 25.4 Å². The number of piperazine rings is 1. The molecule has 0 aliphatic carbocycles. The summed E-state index contributed by atoms with van der Waals surface area (Å²) in [6, 6.07) is 20.6. The van der Waals surface area contributed by atoms with E-state index in [1.165, 1.54) is 0 Å². The van der Waals surface area contributed by atoms with Crippen LogP contribution in [0.5, 0.6) is 0 Å². The first-order valence-corrected chi connectivity index (χ1v) is 12.2. The summed E-state index contributed by atoms with van der Waals surface area (Å²) in [4.78, 5) is 6.68. The van der Waals surface area contributed by atoms with Gasteiger partial charge >= 0.3 is 0 Å². The molecule has 2 aromatic carbocycles. The van der Waals surface area contributed by atoms with Crippen molar-refractivity contribution in [2.45, 2.75) is 11.8 Å². The predicted molar refractivity (Wildman–Crippen MR) is 129 cm³/mol. The Balaban J connectivity index is 1.27. The number of hydrogen-bond donors (Lipinski definition) is 1. The van der Waals surface area contributed by atoms with Crippen LogP contribution >= 0.6 is 0 Å². The number of anilines is 3. The largest absolute Gasteiger partial charge is 0.352 e. The van der Waals surface area contributed by atoms with Gasteiger partial charge in [0.2, 0.25) is 10.0 Å². The van der Waals surface area contributed by atoms with Gasteiger partial charge in [-0.15, -0.1) is 10.2 Å². The molecule has 1 aliphatic heterocycles. The summed E-state index contributed by atoms with van der Waals surface area (Å²) in [5.41, 5.74) is 1.11. The molecule has 8 nitrogen and oxygen atoms in total. The molecule has 168 valence electrons. The topological polar surface area (TPSA) is 91.3 Å². The van der Waals surface area contributed by atoms with Crippen molar-refractivity contribution in [3.63, 3.8) is 0 Å². The Morgan fingerprint density at radius 2 is 1.64 bits per heavy atom. The number of sulfonamides is 1. The maximum Gasteiger partial charge on any atom is 0.243 e. The third-order valence-corrected chi connectivity index (χ3v) is 7.71. The molecule has 1 saturated heterocycles. The minimum atomic E-state index is -3.59. The van der Waals surface area contributed by atoms with Crippen molar-refractivity contribution < 1.29 is 8.42 Å². The van der Waals surface area contributed by atoms with Gasteiger partial charge in [-0.1, -0.05) is 36.4 Å². The van der Waals surface area contributed by atoms with Crippen molar-refractivity contribution in [2.24, 2.45) is 0 Å². The molecule has 0 bridgehead atoms. The van der Waals surface area contributed by atoms with Gasteiger partial charge in [0.1, 0.15) is 5.82 Å². The SMILES string of the molecule is Cc1ccnc(Nc2ccc(N3CCN(S(=O)(=O)c4cccc5ccccc45)CC3)nn2)c1. The van der Waals surface area contributed by atoms with Gasteiger partial charge in [-0.2, -0.15) is 4.31 Å². The molecule has 9 heteroatoms. The van der Waals surface area contributed by atoms with Crippen molar-refractivity contribution >= 4 is 38.2 Å². The molecular weight excluding hydrogens is 436 g/mol. The number of aromatic nitrogens is 3. The Labute approximate surface area is 193 Å². The minimum absolute atomic E-state index is 0.356. The van der Waals surface area contributed by atoms with Crippen molar-refractivity contribution in [3.8, 4) is 0 Å². The fraction of sp³-hybridized carbons (Fsp3) is 0.208. The fourth-order valence-corrected chi connectivity index (χ4v) is 5.65. The number of nitrogens with zero attached hydrogens (tertiary/aromatic N) is 5. The quantitative estimate of drug-likeness (QED) is 0.487. The molecule has 0 amide bonds. The number of rotatable bonds is 5. The van der Waals surface area contributed by atoms with E-state index in [0.29, 0.717) is 42.7 Å². The summed E-state index contributed by atoms with van der Waals surface area (Å²) in [7, 11) is -3.59. The summed E-state index contributed by atoms with van der Waals surface area (Å²) < 4.78 is 28.3. The van der Waals surface area contributed by atoms with Crippen LogP contribution < -0.4 is 10.2 Å². The first-order valence-electron chi connectivity index (χ1n) is 10.8. The second-order valence-electron chi connectivity index (χ2n) is 7.99. The third-order valence-electron chi connectivity index (χ3n) is 5.75. The van der Waals surface area contributed by atoms with Crippen molar-refractivity contribution in [1.82, 2.24) is 19.5 Å². The molecule has 0 atom stereocenters. The van der Waals surface area contributed by atoms with Gasteiger partial charge in [-0.3, -0.25) is 0 Å². The van der Waals surface area contributed by atoms with Gasteiger partial charge in [0.25, 0.3) is 0 Å². The van der Waals surface area contributed by atoms with Crippen LogP contribution in [0.2, 0.25) is 0 Å². The van der Waals surface area contributed by atoms with E-state index in [-0.39, 0.29) is 0 Å². The van der Waals surface area contributed by atoms with Gasteiger partial charge in [0.15, 0.2) is 11.6 Å². The molecule has 3 heterocycles. The van der Waals surface area contributed by atoms with Gasteiger partial charge in [0.05, 0.1) is 4.90 Å². The molecule has 1 fully saturated rings. The summed E-state index contributed by atoms with van der Waals surface area (Å²) in [6.45, 7) is 3.87. The van der Waals surface area contributed by atoms with Crippen LogP contribution in [0, 0.1) is 6.92 Å². The molecule has 1 aliphatic rings. The maximum absolute atomic E-state index is 13.4. The highest BCUT2D eigenvalue weighted by atomic mass is 32.2. The van der Waals surface area contributed by atoms with Crippen molar-refractivity contribution in [1.29, 1.82) is 0 Å². The van der Waals surface area contributed by atoms with Gasteiger partial charge < -0.3 is 10.2 Å². The second-order valence-corrected chi connectivity index (χ2v) is 9.89. The molecule has 33 heavy (non-hydrogen) atoms. The highest BCUT2D eigenvalue weighted by molar-refractivity contribution is 7.89. The lowest BCUT2D eigenvalue weighted by molar-refractivity contribution is 0.384. The molecule has 1 N–H and O–H groups in total. The van der Waals surface area contributed by atoms with E-state index >= 15 is 0 Å². The lowest BCUT2D eigenvalue weighted by Crippen LogP contribution is -2.49. The zero-order valence-electron chi connectivity index (χ0n) is 18.2. The zero-order chi connectivity index (χ0) is 22.8. The van der Waals surface area contributed by atoms with Crippen LogP contribution in [0.4, 0.5) is 17.5 Å². The molecule has 4 aromatic rings. The summed E-state index contributed by atoms with van der Waals surface area (Å²) >= 11 is 0. The average Bonchev–Trinajstić information content (AvgIpc) is 2.84. The lowest BCUT2D eigenvalue weighted by Gasteiger charge is -2.34. The molecule has 5 rings (SSSR count). The number of nitrogens with one attached hydrogen (secondary N) is 1. The maximum atomic E-state index is 13.4. The lowest BCUT2D eigenvalue weighted by atomic mass is 10.1. The van der Waals surface area contributed by atoms with E-state index < -0.39 is 10.0 Å². The Hall–Kier alpha value is -3.56. The first-order chi connectivity index (χ1) is 16.0. The van der Waals surface area contributed by atoms with Crippen LogP contribution in [0.15, 0.2) is 77.8 Å². The Kier molecular flexibility index (Phi) is 5.65. The number of pyridine rings is 1. The summed E-state index contributed by atoms with van der Waals surface area (Å²) in [6.07, 6.45) is 1.74. The van der Waals surface area contributed by atoms with Crippen LogP contribution in [-0.4, -0.2) is 54.1 Å². The molecule has 0 radical (unpaired) electrons. The van der Waals surface area contributed by atoms with Crippen molar-refractivity contribution in [3.05, 3.63) is 78.5 Å². The van der Waals surface area contributed by atoms with E-state index in [1.54, 1.807) is 22.6 Å². The second kappa shape index (κ2) is 8.76. The monoisotopic (exact) mass is 460 g/mol. The summed E-state index contributed by atoms with van der Waals surface area (Å²) in [5, 5.41) is 13.4. The average molecular weight is 461 g/mol. The fourth-order valence-electron chi connectivity index (χ4n) is 4.01. The first kappa shape index (κ1) is 21.3. The molecular formula is C24H24N6O2S. The van der Waals surface area contributed by atoms with E-state index in [0.717, 1.165) is 22.2 Å². The van der Waals surface area contributed by atoms with Crippen LogP contribution in [-0.2, 0) is 10.0 Å². The normalized spacial score (nSPS) is 15.0. The highest BCUT2D eigenvalue weighted by Crippen LogP contribution is 2.27. The minimum Gasteiger partial charge on any atom is -0.352 e. The summed E-state index contributed by atoms with van der Waals surface area (Å²) in [5.74, 6) is 2.04. The van der Waals surface area contributed by atoms with Gasteiger partial charge in [-0.05, 0) is 48.2 Å². The highest BCUT2D eigenvalue weighted by Gasteiger charge is 2.30. The zero-order valence-corrected chi connectivity index (χ0v) is 19.0. The molecule has 2 aromatic heterocycles. The number of fused-ring (bicyclic) bond motifs is 1. The van der Waals surface area contributed by atoms with Gasteiger partial charge in [-0.25, -0.2) is 13.4 Å². The standard InChI is InChI=1S/C24H24N6O2S/c1-18-11-12-25-23(17-18)26-22-9-10-24(28-27-22)29-13-15-30(16-14-29)33(31,32)21-8-4-6-19-5-2-3-7-20(19)21/h2-12,17H,13-16H2,1H3,(H,25,26,27). The predicted octanol–water partition coefficient (Wildman–Crippen LogP) is 3.59. The smallest absolute Gasteiger partial charge is 0.243 e. The Morgan fingerprint density at radius 3 is 2.39 bits per heavy atom. The molecule has 0 spiro atoms. The number of aryl methyl sites for hydroxylation is 1. The van der Waals surface area contributed by atoms with E-state index in [4.69, 9.17) is 0 Å². The Bertz CT molecular complexity index is 1380. The Morgan fingerprint density at radius 1 is 0.848 bits per heavy atom. The van der Waals surface area contributed by atoms with Crippen LogP contribution in [0.3, 0.4) is 0 Å². The van der Waals surface area contributed by atoms with Crippen molar-refractivity contribution in [2.75, 3.05) is 36.4 Å². The van der Waals surface area contributed by atoms with Crippen LogP contribution in [0.25, 0.3) is 10.8 Å².